The van der Waals surface area contributed by atoms with Crippen LogP contribution in [0.15, 0.2) is 0 Å². The third kappa shape index (κ3) is 4.14. The van der Waals surface area contributed by atoms with Gasteiger partial charge in [-0.1, -0.05) is 20.3 Å². The topological polar surface area (TPSA) is 15.3 Å². The van der Waals surface area contributed by atoms with Gasteiger partial charge in [0.15, 0.2) is 0 Å². The van der Waals surface area contributed by atoms with E-state index in [1.54, 1.807) is 0 Å². The fraction of sp³-hybridized carbons (Fsp3) is 1.00. The standard InChI is InChI=1S/C15H30N2S/c1-3-5-14-12-17(15(4-2)10-16-14)11-13-6-8-18-9-7-13/h13-16H,3-12H2,1-2H3. The van der Waals surface area contributed by atoms with Crippen molar-refractivity contribution in [2.45, 2.75) is 58.0 Å². The first-order valence-electron chi connectivity index (χ1n) is 7.88. The summed E-state index contributed by atoms with van der Waals surface area (Å²) in [5, 5.41) is 3.74. The molecule has 0 bridgehead atoms. The molecule has 2 aliphatic rings. The first-order valence-corrected chi connectivity index (χ1v) is 9.04. The summed E-state index contributed by atoms with van der Waals surface area (Å²) >= 11 is 2.15. The van der Waals surface area contributed by atoms with Gasteiger partial charge in [0, 0.05) is 31.7 Å². The van der Waals surface area contributed by atoms with Gasteiger partial charge in [-0.2, -0.15) is 11.8 Å². The molecule has 0 aliphatic carbocycles. The van der Waals surface area contributed by atoms with Gasteiger partial charge in [-0.05, 0) is 43.1 Å². The number of rotatable bonds is 5. The minimum Gasteiger partial charge on any atom is -0.311 e. The van der Waals surface area contributed by atoms with Crippen molar-refractivity contribution >= 4 is 11.8 Å². The van der Waals surface area contributed by atoms with E-state index in [2.05, 4.69) is 35.8 Å². The molecule has 2 unspecified atom stereocenters. The third-order valence-electron chi connectivity index (χ3n) is 4.56. The van der Waals surface area contributed by atoms with Crippen molar-refractivity contribution in [1.82, 2.24) is 10.2 Å². The number of thioether (sulfide) groups is 1. The smallest absolute Gasteiger partial charge is 0.0218 e. The van der Waals surface area contributed by atoms with Crippen LogP contribution in [-0.4, -0.2) is 48.1 Å². The molecule has 1 N–H and O–H groups in total. The van der Waals surface area contributed by atoms with Gasteiger partial charge in [0.25, 0.3) is 0 Å². The predicted molar refractivity (Wildman–Crippen MR) is 82.4 cm³/mol. The number of hydrogen-bond acceptors (Lipinski definition) is 3. The molecule has 3 heteroatoms. The molecule has 0 saturated carbocycles. The van der Waals surface area contributed by atoms with Crippen LogP contribution in [0.3, 0.4) is 0 Å². The van der Waals surface area contributed by atoms with Crippen molar-refractivity contribution in [2.75, 3.05) is 31.1 Å². The summed E-state index contributed by atoms with van der Waals surface area (Å²) in [6.45, 7) is 8.51. The Morgan fingerprint density at radius 2 is 2.00 bits per heavy atom. The highest BCUT2D eigenvalue weighted by Crippen LogP contribution is 2.25. The van der Waals surface area contributed by atoms with E-state index in [1.807, 2.05) is 0 Å². The molecule has 0 radical (unpaired) electrons. The van der Waals surface area contributed by atoms with Crippen molar-refractivity contribution in [3.63, 3.8) is 0 Å². The second kappa shape index (κ2) is 7.76. The van der Waals surface area contributed by atoms with Crippen LogP contribution in [0, 0.1) is 5.92 Å². The third-order valence-corrected chi connectivity index (χ3v) is 5.60. The van der Waals surface area contributed by atoms with Crippen LogP contribution in [0.5, 0.6) is 0 Å². The summed E-state index contributed by atoms with van der Waals surface area (Å²) in [7, 11) is 0. The quantitative estimate of drug-likeness (QED) is 0.827. The van der Waals surface area contributed by atoms with Gasteiger partial charge < -0.3 is 5.32 Å². The summed E-state index contributed by atoms with van der Waals surface area (Å²) in [5.74, 6) is 3.76. The fourth-order valence-electron chi connectivity index (χ4n) is 3.36. The lowest BCUT2D eigenvalue weighted by Gasteiger charge is -2.42. The van der Waals surface area contributed by atoms with Gasteiger partial charge >= 0.3 is 0 Å². The van der Waals surface area contributed by atoms with Crippen LogP contribution in [0.1, 0.15) is 46.0 Å². The van der Waals surface area contributed by atoms with Crippen LogP contribution in [0.4, 0.5) is 0 Å². The zero-order chi connectivity index (χ0) is 12.8. The second-order valence-electron chi connectivity index (χ2n) is 5.97. The average Bonchev–Trinajstić information content (AvgIpc) is 2.41. The first kappa shape index (κ1) is 14.7. The number of piperazine rings is 1. The molecule has 2 heterocycles. The molecular formula is C15H30N2S. The van der Waals surface area contributed by atoms with E-state index in [9.17, 15) is 0 Å². The molecule has 106 valence electrons. The molecular weight excluding hydrogens is 240 g/mol. The summed E-state index contributed by atoms with van der Waals surface area (Å²) in [6, 6.07) is 1.53. The van der Waals surface area contributed by atoms with Crippen LogP contribution >= 0.6 is 11.8 Å². The maximum atomic E-state index is 3.74. The second-order valence-corrected chi connectivity index (χ2v) is 7.19. The fourth-order valence-corrected chi connectivity index (χ4v) is 4.56. The summed E-state index contributed by atoms with van der Waals surface area (Å²) in [4.78, 5) is 2.80. The van der Waals surface area contributed by atoms with E-state index in [0.717, 1.165) is 18.0 Å². The Hall–Kier alpha value is 0.270. The maximum Gasteiger partial charge on any atom is 0.0218 e. The van der Waals surface area contributed by atoms with Crippen molar-refractivity contribution < 1.29 is 0 Å². The van der Waals surface area contributed by atoms with Gasteiger partial charge in [0.1, 0.15) is 0 Å². The highest BCUT2D eigenvalue weighted by atomic mass is 32.2. The largest absolute Gasteiger partial charge is 0.311 e. The normalized spacial score (nSPS) is 31.7. The Balaban J connectivity index is 1.84. The molecule has 2 fully saturated rings. The average molecular weight is 270 g/mol. The van der Waals surface area contributed by atoms with Crippen molar-refractivity contribution in [1.29, 1.82) is 0 Å². The van der Waals surface area contributed by atoms with Crippen LogP contribution in [-0.2, 0) is 0 Å². The molecule has 0 aromatic heterocycles. The monoisotopic (exact) mass is 270 g/mol. The Bertz CT molecular complexity index is 229. The van der Waals surface area contributed by atoms with Gasteiger partial charge in [-0.15, -0.1) is 0 Å². The molecule has 2 atom stereocenters. The number of nitrogens with zero attached hydrogens (tertiary/aromatic N) is 1. The zero-order valence-corrected chi connectivity index (χ0v) is 13.0. The van der Waals surface area contributed by atoms with E-state index in [4.69, 9.17) is 0 Å². The Labute approximate surface area is 117 Å². The molecule has 0 aromatic carbocycles. The van der Waals surface area contributed by atoms with E-state index in [0.29, 0.717) is 0 Å². The van der Waals surface area contributed by atoms with Crippen LogP contribution in [0.2, 0.25) is 0 Å². The molecule has 18 heavy (non-hydrogen) atoms. The lowest BCUT2D eigenvalue weighted by Crippen LogP contribution is -2.57. The van der Waals surface area contributed by atoms with Gasteiger partial charge in [0.2, 0.25) is 0 Å². The molecule has 2 nitrogen and oxygen atoms in total. The highest BCUT2D eigenvalue weighted by molar-refractivity contribution is 7.99. The number of nitrogens with one attached hydrogen (secondary N) is 1. The van der Waals surface area contributed by atoms with Crippen LogP contribution in [0.25, 0.3) is 0 Å². The molecule has 0 spiro atoms. The predicted octanol–water partition coefficient (Wildman–Crippen LogP) is 2.98. The van der Waals surface area contributed by atoms with E-state index in [-0.39, 0.29) is 0 Å². The SMILES string of the molecule is CCCC1CN(CC2CCSCC2)C(CC)CN1. The summed E-state index contributed by atoms with van der Waals surface area (Å²) in [6.07, 6.45) is 6.84. The Kier molecular flexibility index (Phi) is 6.33. The summed E-state index contributed by atoms with van der Waals surface area (Å²) < 4.78 is 0. The molecule has 0 aromatic rings. The Morgan fingerprint density at radius 1 is 1.22 bits per heavy atom. The van der Waals surface area contributed by atoms with Gasteiger partial charge in [0.05, 0.1) is 0 Å². The highest BCUT2D eigenvalue weighted by Gasteiger charge is 2.28. The van der Waals surface area contributed by atoms with Crippen molar-refractivity contribution in [2.24, 2.45) is 5.92 Å². The first-order chi connectivity index (χ1) is 8.83. The lowest BCUT2D eigenvalue weighted by atomic mass is 9.97. The number of hydrogen-bond donors (Lipinski definition) is 1. The molecule has 2 saturated heterocycles. The minimum absolute atomic E-state index is 0.746. The van der Waals surface area contributed by atoms with Crippen molar-refractivity contribution in [3.05, 3.63) is 0 Å². The molecule has 2 aliphatic heterocycles. The zero-order valence-electron chi connectivity index (χ0n) is 12.2. The minimum atomic E-state index is 0.746. The van der Waals surface area contributed by atoms with E-state index < -0.39 is 0 Å². The maximum absolute atomic E-state index is 3.74. The Morgan fingerprint density at radius 3 is 2.67 bits per heavy atom. The lowest BCUT2D eigenvalue weighted by molar-refractivity contribution is 0.101. The van der Waals surface area contributed by atoms with E-state index >= 15 is 0 Å². The van der Waals surface area contributed by atoms with Gasteiger partial charge in [-0.25, -0.2) is 0 Å². The van der Waals surface area contributed by atoms with E-state index in [1.165, 1.54) is 63.2 Å². The van der Waals surface area contributed by atoms with Crippen LogP contribution < -0.4 is 5.32 Å². The molecule has 0 amide bonds. The summed E-state index contributed by atoms with van der Waals surface area (Å²) in [5.41, 5.74) is 0. The van der Waals surface area contributed by atoms with Crippen molar-refractivity contribution in [3.8, 4) is 0 Å². The van der Waals surface area contributed by atoms with Gasteiger partial charge in [-0.3, -0.25) is 4.90 Å². The molecule has 2 rings (SSSR count).